The van der Waals surface area contributed by atoms with Crippen molar-refractivity contribution in [2.24, 2.45) is 5.73 Å². The number of nitrogens with zero attached hydrogens (tertiary/aromatic N) is 6. The Morgan fingerprint density at radius 2 is 0.809 bits per heavy atom. The van der Waals surface area contributed by atoms with Gasteiger partial charge in [0, 0.05) is 59.9 Å². The highest BCUT2D eigenvalue weighted by atomic mass is 35.5. The predicted molar refractivity (Wildman–Crippen MR) is 530 cm³/mol. The maximum atomic E-state index is 12.9. The highest BCUT2D eigenvalue weighted by Crippen LogP contribution is 2.33. The molecule has 136 heavy (non-hydrogen) atoms. The fourth-order valence-corrected chi connectivity index (χ4v) is 18.1. The Balaban J connectivity index is 0.000000197. The molecule has 0 bridgehead atoms. The molecule has 6 fully saturated rings. The lowest BCUT2D eigenvalue weighted by Crippen LogP contribution is -2.46. The second-order valence-corrected chi connectivity index (χ2v) is 39.6. The van der Waals surface area contributed by atoms with E-state index >= 15 is 0 Å². The number of anilines is 8. The van der Waals surface area contributed by atoms with Gasteiger partial charge >= 0.3 is 36.4 Å². The number of thioether (sulfide) groups is 2. The quantitative estimate of drug-likeness (QED) is 0.0113. The molecule has 8 aromatic rings. The van der Waals surface area contributed by atoms with Crippen molar-refractivity contribution in [3.63, 3.8) is 0 Å². The largest absolute Gasteiger partial charge is 0.480 e. The molecule has 8 atom stereocenters. The summed E-state index contributed by atoms with van der Waals surface area (Å²) in [5.41, 5.74) is 15.8. The van der Waals surface area contributed by atoms with Gasteiger partial charge in [-0.2, -0.15) is 23.5 Å². The standard InChI is InChI=1S/C25H31ClN4O6S2.C20H18BClN4O5S.C19H19ClN4O4S.C15H14ClN3O3S.C6H10BNO3S.BH2O/c1-25(2,3)36-23(33)29-18(11-12-37-4)21(31)28-15-5-7-16(8-6-15)30-14-17(35-24(30)34)13-27-22(32)19-9-10-20(26)38-19;21-19(29)24-14-7-8-25(18(14)28)11-1-3-12(4-2-11)26-10-13(31-20(26)30)9-23-17(27)15-5-6-16(22)32-15;20-16-6-5-15(29-16)17(25)22-9-13-10-24(19(27)28-13)12-3-1-11(2-4-12)23-8-7-14(21)18(23)26;16-13-6-5-12(23-13)14(20)18-7-11-8-19(15(21)22-11)10-3-1-9(17)2-4-10;1-12-3-2-4(5(9)10)8-6(7)11;1-2/h5-10,17-18H,11-14H2,1-4H3,(H,27,32)(H,28,31)(H,29,33);1-6,13-14H,7-10H2,(H,23,27)(H,24,29);1-6,13-14H,7-10,21H2,(H,22,25);1-6,11H,7-8,17H2,(H,18,20);4H,2-3H2,1H3,(H,8,11)(H,9,10);1-2H/t17-,18+;2*13-,14+;11-;;/m0000../s1/i;;;;;1T. The van der Waals surface area contributed by atoms with Gasteiger partial charge in [-0.3, -0.25) is 62.8 Å². The van der Waals surface area contributed by atoms with Gasteiger partial charge in [-0.1, -0.05) is 46.4 Å². The molecule has 4 aromatic heterocycles. The van der Waals surface area contributed by atoms with Crippen LogP contribution in [0.15, 0.2) is 146 Å². The van der Waals surface area contributed by atoms with Crippen LogP contribution in [-0.4, -0.2) is 268 Å². The van der Waals surface area contributed by atoms with Crippen LogP contribution in [0.3, 0.4) is 0 Å². The lowest BCUT2D eigenvalue weighted by atomic mass is 10.1. The summed E-state index contributed by atoms with van der Waals surface area (Å²) in [5, 5.41) is 36.7. The number of nitrogen functional groups attached to an aromatic ring is 1. The van der Waals surface area contributed by atoms with Crippen LogP contribution in [0.2, 0.25) is 17.3 Å². The maximum absolute atomic E-state index is 12.9. The third-order valence-electron chi connectivity index (χ3n) is 19.9. The average Bonchev–Trinajstić information content (AvgIpc) is 1.67. The number of thiophene rings is 4. The van der Waals surface area contributed by atoms with Crippen molar-refractivity contribution in [1.82, 2.24) is 37.2 Å². The SMILES string of the molecule is CSCC[C@@H](NC(=O)OC(C)(C)C)C(=O)Nc1ccc(N2C[C@H](CNC(=O)c3ccc(Cl)s3)OC2=O)cc1.N[C@@H]1CCN(c2ccc(N3C[C@H](CNC(=O)c4ccc(Cl)s4)OC3=O)cc2)C1=O.Nc1ccc(N2C[C@H](CNC(=O)c3ccc(Cl)s3)OC2=O)cc1.[3H][B]O.[B]C(=O)NC(CCSC)C(=O)O.[B]C(=O)N[C@@H]1CCN(c2ccc(N3C[C@H](CNC(=O)c4ccc(Cl)s4)OC3=O)cc2)C1=O. The molecule has 0 saturated carbocycles. The zero-order chi connectivity index (χ0) is 99.9. The number of nitrogens with two attached hydrogens (primary N) is 2. The first-order valence-corrected chi connectivity index (χ1v) is 48.9. The second-order valence-electron chi connectivity index (χ2n) is 30.8. The van der Waals surface area contributed by atoms with Crippen LogP contribution < -0.4 is 83.4 Å². The van der Waals surface area contributed by atoms with E-state index in [-0.39, 0.29) is 88.6 Å². The Bertz CT molecular complexity index is 5570. The van der Waals surface area contributed by atoms with E-state index in [0.29, 0.717) is 140 Å². The Morgan fingerprint density at radius 1 is 0.493 bits per heavy atom. The minimum Gasteiger partial charge on any atom is -0.480 e. The van der Waals surface area contributed by atoms with Gasteiger partial charge in [-0.05, 0) is 216 Å². The van der Waals surface area contributed by atoms with Gasteiger partial charge in [0.15, 0.2) is 11.6 Å². The number of halogens is 4. The molecular formula is C85H94B3Cl4N16O22S6. The molecule has 14 N–H and O–H groups in total. The number of aliphatic carboxylic acids is 1. The summed E-state index contributed by atoms with van der Waals surface area (Å²) in [6, 6.07) is 38.1. The number of ether oxygens (including phenoxy) is 5. The molecule has 38 nitrogen and oxygen atoms in total. The molecule has 0 aliphatic carbocycles. The first-order valence-electron chi connectivity index (χ1n) is 41.9. The van der Waals surface area contributed by atoms with E-state index in [0.717, 1.165) is 5.69 Å². The van der Waals surface area contributed by atoms with Crippen molar-refractivity contribution >= 4 is 274 Å². The first-order chi connectivity index (χ1) is 65.2. The number of amides is 14. The zero-order valence-corrected chi connectivity index (χ0v) is 81.3. The monoisotopic (exact) mass is 2060 g/mol. The molecule has 0 spiro atoms. The Kier molecular flexibility index (Phi) is 40.9. The van der Waals surface area contributed by atoms with Crippen molar-refractivity contribution in [3.8, 4) is 0 Å². The van der Waals surface area contributed by atoms with E-state index in [1.807, 2.05) is 12.5 Å². The molecule has 719 valence electrons. The van der Waals surface area contributed by atoms with E-state index in [9.17, 15) is 71.9 Å². The van der Waals surface area contributed by atoms with Gasteiger partial charge < -0.3 is 97.6 Å². The molecule has 14 rings (SSSR count). The summed E-state index contributed by atoms with van der Waals surface area (Å²) < 4.78 is 34.4. The molecule has 51 heteroatoms. The van der Waals surface area contributed by atoms with E-state index in [4.69, 9.17) is 109 Å². The third-order valence-corrected chi connectivity index (χ3v) is 26.1. The van der Waals surface area contributed by atoms with E-state index in [2.05, 4.69) is 42.5 Å². The first kappa shape index (κ1) is 107. The van der Waals surface area contributed by atoms with E-state index < -0.39 is 102 Å². The maximum Gasteiger partial charge on any atom is 0.414 e. The number of carbonyl (C=O) groups is 15. The highest BCUT2D eigenvalue weighted by Gasteiger charge is 2.40. The second kappa shape index (κ2) is 52.2. The number of carboxylic acids is 1. The van der Waals surface area contributed by atoms with Crippen molar-refractivity contribution in [2.45, 2.75) is 101 Å². The molecule has 6 aliphatic heterocycles. The zero-order valence-electron chi connectivity index (χ0n) is 74.4. The third kappa shape index (κ3) is 32.6. The Morgan fingerprint density at radius 3 is 1.10 bits per heavy atom. The van der Waals surface area contributed by atoms with Crippen molar-refractivity contribution in [1.29, 1.82) is 1.34 Å². The normalized spacial score (nSPS) is 17.9. The fourth-order valence-electron chi connectivity index (χ4n) is 13.3. The van der Waals surface area contributed by atoms with Crippen molar-refractivity contribution in [3.05, 3.63) is 182 Å². The molecule has 6 saturated heterocycles. The summed E-state index contributed by atoms with van der Waals surface area (Å²) in [5.74, 6) is -3.00. The topological polar surface area (TPSA) is 510 Å². The lowest BCUT2D eigenvalue weighted by molar-refractivity contribution is -0.139. The van der Waals surface area contributed by atoms with Gasteiger partial charge in [-0.25, -0.2) is 28.8 Å². The number of nitrogens with one attached hydrogen (secondary N) is 8. The number of alkyl carbamates (subject to hydrolysis) is 1. The van der Waals surface area contributed by atoms with E-state index in [1.165, 1.54) is 76.7 Å². The van der Waals surface area contributed by atoms with Crippen molar-refractivity contribution < 1.29 is 106 Å². The van der Waals surface area contributed by atoms with Crippen LogP contribution in [0.1, 0.15) is 85.1 Å². The van der Waals surface area contributed by atoms with Gasteiger partial charge in [-0.15, -0.1) is 45.3 Å². The van der Waals surface area contributed by atoms with Gasteiger partial charge in [0.05, 0.1) is 95.3 Å². The highest BCUT2D eigenvalue weighted by molar-refractivity contribution is 7.98. The molecule has 4 aromatic carbocycles. The smallest absolute Gasteiger partial charge is 0.414 e. The summed E-state index contributed by atoms with van der Waals surface area (Å²) in [6.07, 6.45) is 1.20. The lowest BCUT2D eigenvalue weighted by Gasteiger charge is -2.23. The van der Waals surface area contributed by atoms with Crippen molar-refractivity contribution in [2.75, 3.05) is 130 Å². The summed E-state index contributed by atoms with van der Waals surface area (Å²) in [6.45, 7) is 8.28. The fraction of sp³-hybridized carbons (Fsp3) is 0.353. The van der Waals surface area contributed by atoms with Crippen LogP contribution >= 0.6 is 115 Å². The van der Waals surface area contributed by atoms with Crippen LogP contribution in [-0.2, 0) is 42.9 Å². The van der Waals surface area contributed by atoms with Crippen LogP contribution in [0.5, 0.6) is 0 Å². The number of carbonyl (C=O) groups excluding carboxylic acids is 14. The number of rotatable bonds is 30. The number of carboxylic acid groups (broad SMARTS) is 1. The molecule has 6 aliphatic rings. The molecule has 14 amide bonds. The average molecular weight is 2060 g/mol. The summed E-state index contributed by atoms with van der Waals surface area (Å²) >= 11 is 31.2. The van der Waals surface area contributed by atoms with Crippen LogP contribution in [0.4, 0.5) is 79.1 Å². The minimum absolute atomic E-state index is 0.0961. The number of benzene rings is 4. The van der Waals surface area contributed by atoms with Gasteiger partial charge in [0.25, 0.3) is 31.6 Å². The van der Waals surface area contributed by atoms with Crippen LogP contribution in [0.25, 0.3) is 0 Å². The minimum atomic E-state index is -1.05. The number of cyclic esters (lactones) is 4. The predicted octanol–water partition coefficient (Wildman–Crippen LogP) is 10.7. The van der Waals surface area contributed by atoms with E-state index in [1.54, 1.807) is 188 Å². The Hall–Kier alpha value is -11.5. The summed E-state index contributed by atoms with van der Waals surface area (Å²) in [4.78, 5) is 190. The number of hydrogen-bond donors (Lipinski definition) is 12. The molecule has 1 unspecified atom stereocenters. The van der Waals surface area contributed by atoms with Crippen LogP contribution in [0, 0.1) is 0 Å². The molecular weight excluding hydrogens is 1960 g/mol. The summed E-state index contributed by atoms with van der Waals surface area (Å²) in [7, 11) is 10.1. The Labute approximate surface area is 830 Å². The number of hydrogen-bond acceptors (Lipinski definition) is 29. The van der Waals surface area contributed by atoms with Gasteiger partial charge in [0.1, 0.15) is 48.1 Å². The molecule has 5 radical (unpaired) electrons. The van der Waals surface area contributed by atoms with Gasteiger partial charge in [0.2, 0.25) is 33.4 Å². The molecule has 10 heterocycles.